The predicted octanol–water partition coefficient (Wildman–Crippen LogP) is 5.50. The molecule has 2 atom stereocenters. The highest BCUT2D eigenvalue weighted by Crippen LogP contribution is 2.39. The summed E-state index contributed by atoms with van der Waals surface area (Å²) in [6.07, 6.45) is 0.100. The van der Waals surface area contributed by atoms with Gasteiger partial charge >= 0.3 is 11.9 Å². The van der Waals surface area contributed by atoms with E-state index in [1.807, 2.05) is 48.5 Å². The molecule has 2 heterocycles. The first-order chi connectivity index (χ1) is 16.6. The van der Waals surface area contributed by atoms with Gasteiger partial charge in [0, 0.05) is 10.5 Å². The van der Waals surface area contributed by atoms with Gasteiger partial charge in [-0.25, -0.2) is 9.97 Å². The van der Waals surface area contributed by atoms with Gasteiger partial charge < -0.3 is 18.3 Å². The maximum absolute atomic E-state index is 12.5. The summed E-state index contributed by atoms with van der Waals surface area (Å²) in [6.45, 7) is 4.04. The lowest BCUT2D eigenvalue weighted by Crippen LogP contribution is -2.28. The molecule has 10 heteroatoms. The zero-order valence-electron chi connectivity index (χ0n) is 18.8. The molecule has 4 rings (SSSR count). The number of thioether (sulfide) groups is 2. The lowest BCUT2D eigenvalue weighted by molar-refractivity contribution is -0.145. The van der Waals surface area contributed by atoms with Crippen LogP contribution in [0, 0.1) is 0 Å². The predicted molar refractivity (Wildman–Crippen MR) is 130 cm³/mol. The third kappa shape index (κ3) is 6.12. The molecule has 0 saturated heterocycles. The van der Waals surface area contributed by atoms with E-state index in [1.54, 1.807) is 13.8 Å². The zero-order valence-corrected chi connectivity index (χ0v) is 20.4. The number of carbonyl (C=O) groups excluding carboxylic acids is 2. The summed E-state index contributed by atoms with van der Waals surface area (Å²) in [7, 11) is 0. The molecule has 178 valence electrons. The van der Waals surface area contributed by atoms with Crippen LogP contribution in [0.2, 0.25) is 0 Å². The van der Waals surface area contributed by atoms with E-state index in [1.165, 1.54) is 23.5 Å². The summed E-state index contributed by atoms with van der Waals surface area (Å²) in [5.74, 6) is -0.744. The monoisotopic (exact) mass is 500 g/mol. The van der Waals surface area contributed by atoms with Crippen molar-refractivity contribution in [1.29, 1.82) is 0 Å². The smallest absolute Gasteiger partial charge is 0.306 e. The van der Waals surface area contributed by atoms with Gasteiger partial charge in [-0.05, 0) is 38.1 Å². The molecule has 0 amide bonds. The highest BCUT2D eigenvalue weighted by molar-refractivity contribution is 8.03. The van der Waals surface area contributed by atoms with Crippen molar-refractivity contribution < 1.29 is 27.9 Å². The van der Waals surface area contributed by atoms with Crippen LogP contribution in [0.15, 0.2) is 67.8 Å². The summed E-state index contributed by atoms with van der Waals surface area (Å²) < 4.78 is 22.2. The van der Waals surface area contributed by atoms with Crippen molar-refractivity contribution in [2.24, 2.45) is 0 Å². The molecule has 0 radical (unpaired) electrons. The molecule has 0 bridgehead atoms. The van der Waals surface area contributed by atoms with E-state index in [0.717, 1.165) is 0 Å². The minimum atomic E-state index is -0.420. The van der Waals surface area contributed by atoms with Gasteiger partial charge in [0.05, 0.1) is 26.1 Å². The number of nitrogens with zero attached hydrogens (tertiary/aromatic N) is 2. The van der Waals surface area contributed by atoms with Crippen LogP contribution in [0.4, 0.5) is 0 Å². The Morgan fingerprint density at radius 3 is 1.56 bits per heavy atom. The topological polar surface area (TPSA) is 105 Å². The summed E-state index contributed by atoms with van der Waals surface area (Å²) in [5.41, 5.74) is 2.73. The van der Waals surface area contributed by atoms with Gasteiger partial charge in [-0.15, -0.1) is 0 Å². The minimum Gasteiger partial charge on any atom is -0.466 e. The number of benzene rings is 2. The Labute approximate surface area is 204 Å². The van der Waals surface area contributed by atoms with Crippen LogP contribution in [0.5, 0.6) is 0 Å². The summed E-state index contributed by atoms with van der Waals surface area (Å²) in [4.78, 5) is 34.0. The summed E-state index contributed by atoms with van der Waals surface area (Å²) in [6, 6.07) is 14.9. The Kier molecular flexibility index (Phi) is 8.12. The quantitative estimate of drug-likeness (QED) is 0.194. The fourth-order valence-electron chi connectivity index (χ4n) is 3.33. The molecule has 0 fully saturated rings. The standard InChI is InChI=1S/C24H24N2O6S2/c1-3-29-21(27)13-19(33-23-25-15-9-5-7-11-17(15)31-23)20(14-22(28)30-4-2)34-24-26-16-10-6-8-12-18(16)32-24/h5-12,19-20H,3-4,13-14H2,1-2H3. The summed E-state index contributed by atoms with van der Waals surface area (Å²) in [5, 5.41) is -0.0295. The number of ether oxygens (including phenoxy) is 2. The molecule has 4 aromatic rings. The fourth-order valence-corrected chi connectivity index (χ4v) is 5.69. The Hall–Kier alpha value is -2.98. The molecule has 0 spiro atoms. The molecule has 0 aliphatic heterocycles. The van der Waals surface area contributed by atoms with E-state index in [-0.39, 0.29) is 38.0 Å². The van der Waals surface area contributed by atoms with Crippen LogP contribution in [0.3, 0.4) is 0 Å². The minimum absolute atomic E-state index is 0.0501. The molecule has 34 heavy (non-hydrogen) atoms. The van der Waals surface area contributed by atoms with Gasteiger partial charge in [0.25, 0.3) is 10.4 Å². The second-order valence-electron chi connectivity index (χ2n) is 7.23. The molecule has 2 unspecified atom stereocenters. The van der Waals surface area contributed by atoms with Crippen molar-refractivity contribution in [3.05, 3.63) is 48.5 Å². The van der Waals surface area contributed by atoms with Gasteiger partial charge in [0.15, 0.2) is 11.2 Å². The molecule has 0 aliphatic carbocycles. The SMILES string of the molecule is CCOC(=O)CC(Sc1nc2ccccc2o1)C(CC(=O)OCC)Sc1nc2ccccc2o1. The van der Waals surface area contributed by atoms with Gasteiger partial charge in [-0.3, -0.25) is 9.59 Å². The third-order valence-corrected chi connectivity index (χ3v) is 7.33. The first-order valence-electron chi connectivity index (χ1n) is 10.9. The average molecular weight is 501 g/mol. The molecular weight excluding hydrogens is 476 g/mol. The van der Waals surface area contributed by atoms with Gasteiger partial charge in [0.2, 0.25) is 0 Å². The Morgan fingerprint density at radius 2 is 1.18 bits per heavy atom. The Morgan fingerprint density at radius 1 is 0.765 bits per heavy atom. The second-order valence-corrected chi connectivity index (χ2v) is 9.61. The molecule has 8 nitrogen and oxygen atoms in total. The second kappa shape index (κ2) is 11.4. The van der Waals surface area contributed by atoms with Crippen LogP contribution in [0.25, 0.3) is 22.2 Å². The molecule has 0 saturated carbocycles. The van der Waals surface area contributed by atoms with Crippen LogP contribution in [-0.4, -0.2) is 45.6 Å². The highest BCUT2D eigenvalue weighted by Gasteiger charge is 2.32. The van der Waals surface area contributed by atoms with Crippen LogP contribution >= 0.6 is 23.5 Å². The number of esters is 2. The maximum Gasteiger partial charge on any atom is 0.306 e. The highest BCUT2D eigenvalue weighted by atomic mass is 32.2. The average Bonchev–Trinajstić information content (AvgIpc) is 3.41. The van der Waals surface area contributed by atoms with Gasteiger partial charge in [-0.2, -0.15) is 0 Å². The third-order valence-electron chi connectivity index (χ3n) is 4.81. The van der Waals surface area contributed by atoms with E-state index in [0.29, 0.717) is 32.6 Å². The maximum atomic E-state index is 12.5. The van der Waals surface area contributed by atoms with Crippen LogP contribution in [-0.2, 0) is 19.1 Å². The van der Waals surface area contributed by atoms with Crippen LogP contribution in [0.1, 0.15) is 26.7 Å². The lowest BCUT2D eigenvalue weighted by atomic mass is 10.2. The van der Waals surface area contributed by atoms with Crippen LogP contribution < -0.4 is 0 Å². The van der Waals surface area contributed by atoms with E-state index in [2.05, 4.69) is 9.97 Å². The molecule has 2 aromatic carbocycles. The number of hydrogen-bond donors (Lipinski definition) is 0. The first kappa shape index (κ1) is 24.2. The fraction of sp³-hybridized carbons (Fsp3) is 0.333. The Bertz CT molecular complexity index is 1110. The zero-order chi connectivity index (χ0) is 23.9. The van der Waals surface area contributed by atoms with E-state index >= 15 is 0 Å². The lowest BCUT2D eigenvalue weighted by Gasteiger charge is -2.22. The molecule has 0 N–H and O–H groups in total. The van der Waals surface area contributed by atoms with Crippen molar-refractivity contribution >= 4 is 57.7 Å². The number of oxazole rings is 2. The number of fused-ring (bicyclic) bond motifs is 2. The Balaban J connectivity index is 1.64. The van der Waals surface area contributed by atoms with E-state index in [4.69, 9.17) is 18.3 Å². The van der Waals surface area contributed by atoms with Crippen molar-refractivity contribution in [3.8, 4) is 0 Å². The number of rotatable bonds is 11. The normalized spacial score (nSPS) is 13.1. The largest absolute Gasteiger partial charge is 0.466 e. The van der Waals surface area contributed by atoms with E-state index < -0.39 is 10.5 Å². The van der Waals surface area contributed by atoms with Crippen molar-refractivity contribution in [2.45, 2.75) is 47.6 Å². The number of para-hydroxylation sites is 4. The van der Waals surface area contributed by atoms with Gasteiger partial charge in [-0.1, -0.05) is 47.8 Å². The molecule has 0 aliphatic rings. The number of carbonyl (C=O) groups is 2. The van der Waals surface area contributed by atoms with Gasteiger partial charge in [0.1, 0.15) is 11.0 Å². The summed E-state index contributed by atoms with van der Waals surface area (Å²) >= 11 is 2.57. The van der Waals surface area contributed by atoms with E-state index in [9.17, 15) is 9.59 Å². The number of aromatic nitrogens is 2. The number of hydrogen-bond acceptors (Lipinski definition) is 10. The van der Waals surface area contributed by atoms with Crippen molar-refractivity contribution in [1.82, 2.24) is 9.97 Å². The van der Waals surface area contributed by atoms with Crippen molar-refractivity contribution in [3.63, 3.8) is 0 Å². The van der Waals surface area contributed by atoms with Crippen molar-refractivity contribution in [2.75, 3.05) is 13.2 Å². The molecule has 2 aromatic heterocycles. The first-order valence-corrected chi connectivity index (χ1v) is 12.7. The molecular formula is C24H24N2O6S2.